The quantitative estimate of drug-likeness (QED) is 0.923. The van der Waals surface area contributed by atoms with Crippen LogP contribution in [-0.2, 0) is 23.1 Å². The average Bonchev–Trinajstić information content (AvgIpc) is 2.47. The molecule has 0 fully saturated rings. The van der Waals surface area contributed by atoms with E-state index < -0.39 is 10.8 Å². The zero-order chi connectivity index (χ0) is 14.5. The lowest BCUT2D eigenvalue weighted by Gasteiger charge is -2.09. The summed E-state index contributed by atoms with van der Waals surface area (Å²) in [6, 6.07) is 12.8. The smallest absolute Gasteiger partial charge is 0.123 e. The highest BCUT2D eigenvalue weighted by atomic mass is 35.5. The number of hydrogen-bond acceptors (Lipinski definition) is 3. The van der Waals surface area contributed by atoms with Gasteiger partial charge in [-0.25, -0.2) is 0 Å². The standard InChI is InChI=1S/C15H16ClNO2S/c1-19-15-6-5-11(7-12(15)9-17)10-20(18)14-4-2-3-13(16)8-14/h2-8H,9-10,17H2,1H3. The van der Waals surface area contributed by atoms with Gasteiger partial charge >= 0.3 is 0 Å². The molecule has 0 aliphatic carbocycles. The molecule has 0 aliphatic rings. The molecule has 0 saturated carbocycles. The SMILES string of the molecule is COc1ccc(CS(=O)c2cccc(Cl)c2)cc1CN. The number of halogens is 1. The lowest BCUT2D eigenvalue weighted by Crippen LogP contribution is -2.02. The van der Waals surface area contributed by atoms with E-state index in [0.29, 0.717) is 17.3 Å². The normalized spacial score (nSPS) is 12.2. The van der Waals surface area contributed by atoms with Crippen LogP contribution >= 0.6 is 11.6 Å². The Kier molecular flexibility index (Phi) is 5.17. The van der Waals surface area contributed by atoms with Crippen molar-refractivity contribution in [2.45, 2.75) is 17.2 Å². The molecular formula is C15H16ClNO2S. The molecule has 0 aliphatic heterocycles. The summed E-state index contributed by atoms with van der Waals surface area (Å²) in [6.07, 6.45) is 0. The molecule has 2 N–H and O–H groups in total. The first-order valence-electron chi connectivity index (χ1n) is 6.14. The summed E-state index contributed by atoms with van der Waals surface area (Å²) >= 11 is 5.91. The first kappa shape index (κ1) is 15.0. The second-order valence-corrected chi connectivity index (χ2v) is 6.19. The first-order chi connectivity index (χ1) is 9.63. The van der Waals surface area contributed by atoms with Crippen LogP contribution in [0.4, 0.5) is 0 Å². The molecule has 1 unspecified atom stereocenters. The minimum atomic E-state index is -1.13. The zero-order valence-electron chi connectivity index (χ0n) is 11.1. The van der Waals surface area contributed by atoms with Crippen molar-refractivity contribution in [3.05, 3.63) is 58.6 Å². The van der Waals surface area contributed by atoms with Gasteiger partial charge in [-0.1, -0.05) is 23.7 Å². The Morgan fingerprint density at radius 1 is 1.25 bits per heavy atom. The Morgan fingerprint density at radius 3 is 2.70 bits per heavy atom. The zero-order valence-corrected chi connectivity index (χ0v) is 12.7. The summed E-state index contributed by atoms with van der Waals surface area (Å²) in [5, 5.41) is 0.591. The van der Waals surface area contributed by atoms with E-state index >= 15 is 0 Å². The van der Waals surface area contributed by atoms with E-state index in [9.17, 15) is 4.21 Å². The third kappa shape index (κ3) is 3.60. The van der Waals surface area contributed by atoms with Crippen molar-refractivity contribution in [2.24, 2.45) is 5.73 Å². The van der Waals surface area contributed by atoms with Gasteiger partial charge < -0.3 is 10.5 Å². The third-order valence-electron chi connectivity index (χ3n) is 2.92. The molecule has 0 radical (unpaired) electrons. The minimum absolute atomic E-state index is 0.390. The molecule has 0 saturated heterocycles. The predicted octanol–water partition coefficient (Wildman–Crippen LogP) is 3.12. The van der Waals surface area contributed by atoms with Crippen LogP contribution in [-0.4, -0.2) is 11.3 Å². The highest BCUT2D eigenvalue weighted by Crippen LogP contribution is 2.22. The Hall–Kier alpha value is -1.36. The van der Waals surface area contributed by atoms with E-state index in [1.807, 2.05) is 24.3 Å². The van der Waals surface area contributed by atoms with Gasteiger partial charge in [-0.3, -0.25) is 4.21 Å². The Balaban J connectivity index is 2.19. The number of rotatable bonds is 5. The van der Waals surface area contributed by atoms with Crippen molar-refractivity contribution < 1.29 is 8.95 Å². The van der Waals surface area contributed by atoms with Gasteiger partial charge in [-0.05, 0) is 35.9 Å². The molecule has 3 nitrogen and oxygen atoms in total. The van der Waals surface area contributed by atoms with Crippen molar-refractivity contribution in [3.63, 3.8) is 0 Å². The molecule has 106 valence electrons. The lowest BCUT2D eigenvalue weighted by molar-refractivity contribution is 0.409. The van der Waals surface area contributed by atoms with Gasteiger partial charge in [0, 0.05) is 22.0 Å². The fraction of sp³-hybridized carbons (Fsp3) is 0.200. The van der Waals surface area contributed by atoms with E-state index in [2.05, 4.69) is 0 Å². The number of hydrogen-bond donors (Lipinski definition) is 1. The molecule has 0 amide bonds. The second-order valence-electron chi connectivity index (χ2n) is 4.30. The monoisotopic (exact) mass is 309 g/mol. The van der Waals surface area contributed by atoms with Gasteiger partial charge in [-0.2, -0.15) is 0 Å². The summed E-state index contributed by atoms with van der Waals surface area (Å²) in [5.74, 6) is 1.18. The Labute approximate surface area is 126 Å². The first-order valence-corrected chi connectivity index (χ1v) is 7.83. The van der Waals surface area contributed by atoms with Gasteiger partial charge in [-0.15, -0.1) is 0 Å². The highest BCUT2D eigenvalue weighted by molar-refractivity contribution is 7.84. The van der Waals surface area contributed by atoms with Crippen LogP contribution in [0.25, 0.3) is 0 Å². The van der Waals surface area contributed by atoms with Gasteiger partial charge in [0.25, 0.3) is 0 Å². The van der Waals surface area contributed by atoms with Gasteiger partial charge in [0.2, 0.25) is 0 Å². The molecule has 0 aromatic heterocycles. The molecule has 5 heteroatoms. The Bertz CT molecular complexity index is 631. The average molecular weight is 310 g/mol. The minimum Gasteiger partial charge on any atom is -0.496 e. The van der Waals surface area contributed by atoms with Crippen molar-refractivity contribution in [3.8, 4) is 5.75 Å². The van der Waals surface area contributed by atoms with Crippen LogP contribution < -0.4 is 10.5 Å². The summed E-state index contributed by atoms with van der Waals surface area (Å²) in [7, 11) is 0.480. The summed E-state index contributed by atoms with van der Waals surface area (Å²) in [5.41, 5.74) is 7.56. The molecule has 2 aromatic carbocycles. The molecular weight excluding hydrogens is 294 g/mol. The Morgan fingerprint density at radius 2 is 2.05 bits per heavy atom. The van der Waals surface area contributed by atoms with Gasteiger partial charge in [0.1, 0.15) is 5.75 Å². The number of methoxy groups -OCH3 is 1. The number of benzene rings is 2. The van der Waals surface area contributed by atoms with E-state index in [0.717, 1.165) is 21.8 Å². The van der Waals surface area contributed by atoms with E-state index in [-0.39, 0.29) is 0 Å². The van der Waals surface area contributed by atoms with Crippen LogP contribution in [0, 0.1) is 0 Å². The summed E-state index contributed by atoms with van der Waals surface area (Å²) < 4.78 is 17.5. The van der Waals surface area contributed by atoms with Crippen LogP contribution in [0.2, 0.25) is 5.02 Å². The maximum atomic E-state index is 12.3. The van der Waals surface area contributed by atoms with E-state index in [4.69, 9.17) is 22.1 Å². The maximum absolute atomic E-state index is 12.3. The van der Waals surface area contributed by atoms with Crippen molar-refractivity contribution >= 4 is 22.4 Å². The summed E-state index contributed by atoms with van der Waals surface area (Å²) in [6.45, 7) is 0.390. The number of nitrogens with two attached hydrogens (primary N) is 1. The van der Waals surface area contributed by atoms with E-state index in [1.165, 1.54) is 0 Å². The third-order valence-corrected chi connectivity index (χ3v) is 4.53. The highest BCUT2D eigenvalue weighted by Gasteiger charge is 2.08. The van der Waals surface area contributed by atoms with Crippen molar-refractivity contribution in [2.75, 3.05) is 7.11 Å². The lowest BCUT2D eigenvalue weighted by atomic mass is 10.1. The molecule has 2 rings (SSSR count). The summed E-state index contributed by atoms with van der Waals surface area (Å²) in [4.78, 5) is 0.725. The van der Waals surface area contributed by atoms with Crippen LogP contribution in [0.5, 0.6) is 5.75 Å². The van der Waals surface area contributed by atoms with Gasteiger partial charge in [0.05, 0.1) is 23.7 Å². The largest absolute Gasteiger partial charge is 0.496 e. The van der Waals surface area contributed by atoms with Crippen LogP contribution in [0.1, 0.15) is 11.1 Å². The van der Waals surface area contributed by atoms with Crippen LogP contribution in [0.3, 0.4) is 0 Å². The molecule has 2 aromatic rings. The second kappa shape index (κ2) is 6.88. The van der Waals surface area contributed by atoms with Crippen molar-refractivity contribution in [1.29, 1.82) is 0 Å². The van der Waals surface area contributed by atoms with Crippen molar-refractivity contribution in [1.82, 2.24) is 0 Å². The van der Waals surface area contributed by atoms with E-state index in [1.54, 1.807) is 25.3 Å². The molecule has 20 heavy (non-hydrogen) atoms. The fourth-order valence-electron chi connectivity index (χ4n) is 1.92. The maximum Gasteiger partial charge on any atom is 0.123 e. The van der Waals surface area contributed by atoms with Crippen LogP contribution in [0.15, 0.2) is 47.4 Å². The fourth-order valence-corrected chi connectivity index (χ4v) is 3.32. The molecule has 1 atom stereocenters. The molecule has 0 heterocycles. The molecule has 0 spiro atoms. The topological polar surface area (TPSA) is 52.3 Å². The predicted molar refractivity (Wildman–Crippen MR) is 82.4 cm³/mol. The van der Waals surface area contributed by atoms with Gasteiger partial charge in [0.15, 0.2) is 0 Å². The number of ether oxygens (including phenoxy) is 1. The molecule has 0 bridgehead atoms.